The van der Waals surface area contributed by atoms with Gasteiger partial charge in [-0.1, -0.05) is 6.42 Å². The molecule has 0 radical (unpaired) electrons. The molecule has 1 saturated carbocycles. The Balaban J connectivity index is 1.47. The highest BCUT2D eigenvalue weighted by Crippen LogP contribution is 2.48. The second kappa shape index (κ2) is 6.74. The largest absolute Gasteiger partial charge is 0.573 e. The Morgan fingerprint density at radius 2 is 1.96 bits per heavy atom. The third kappa shape index (κ3) is 4.00. The summed E-state index contributed by atoms with van der Waals surface area (Å²) < 4.78 is 45.6. The Hall–Kier alpha value is -1.96. The molecule has 0 bridgehead atoms. The number of hydrogen-bond donors (Lipinski definition) is 1. The first-order chi connectivity index (χ1) is 11.8. The van der Waals surface area contributed by atoms with Crippen molar-refractivity contribution in [3.8, 4) is 11.5 Å². The Bertz CT molecular complexity index is 619. The number of nitrogens with zero attached hydrogens (tertiary/aromatic N) is 1. The van der Waals surface area contributed by atoms with Crippen molar-refractivity contribution < 1.29 is 32.5 Å². The molecule has 8 heteroatoms. The van der Waals surface area contributed by atoms with Gasteiger partial charge in [0.15, 0.2) is 0 Å². The van der Waals surface area contributed by atoms with Gasteiger partial charge in [0.2, 0.25) is 0 Å². The van der Waals surface area contributed by atoms with Crippen LogP contribution in [0.2, 0.25) is 0 Å². The van der Waals surface area contributed by atoms with Crippen molar-refractivity contribution in [1.29, 1.82) is 0 Å². The Kier molecular flexibility index (Phi) is 4.81. The van der Waals surface area contributed by atoms with Crippen molar-refractivity contribution in [1.82, 2.24) is 4.90 Å². The molecule has 0 amide bonds. The molecule has 5 nitrogen and oxygen atoms in total. The first-order valence-corrected chi connectivity index (χ1v) is 8.23. The minimum Gasteiger partial charge on any atom is -0.492 e. The highest BCUT2D eigenvalue weighted by atomic mass is 19.4. The number of rotatable bonds is 6. The summed E-state index contributed by atoms with van der Waals surface area (Å²) in [7, 11) is 0. The molecule has 1 N–H and O–H groups in total. The fourth-order valence-electron chi connectivity index (χ4n) is 3.94. The summed E-state index contributed by atoms with van der Waals surface area (Å²) >= 11 is 0. The molecule has 25 heavy (non-hydrogen) atoms. The summed E-state index contributed by atoms with van der Waals surface area (Å²) in [5.74, 6) is -0.361. The topological polar surface area (TPSA) is 59.0 Å². The molecule has 2 fully saturated rings. The molecule has 2 atom stereocenters. The van der Waals surface area contributed by atoms with Crippen LogP contribution in [0.1, 0.15) is 19.3 Å². The maximum absolute atomic E-state index is 12.1. The maximum atomic E-state index is 12.1. The number of carboxylic acid groups (broad SMARTS) is 1. The number of alkyl halides is 3. The fraction of sp³-hybridized carbons (Fsp3) is 0.588. The van der Waals surface area contributed by atoms with Crippen molar-refractivity contribution in [3.63, 3.8) is 0 Å². The number of likely N-dealkylation sites (tertiary alicyclic amines) is 1. The van der Waals surface area contributed by atoms with Crippen LogP contribution in [0.5, 0.6) is 11.5 Å². The lowest BCUT2D eigenvalue weighted by molar-refractivity contribution is -0.274. The first kappa shape index (κ1) is 17.8. The average molecular weight is 359 g/mol. The smallest absolute Gasteiger partial charge is 0.492 e. The van der Waals surface area contributed by atoms with Gasteiger partial charge in [-0.15, -0.1) is 13.2 Å². The fourth-order valence-corrected chi connectivity index (χ4v) is 3.94. The number of benzene rings is 1. The molecule has 1 aliphatic carbocycles. The number of carbonyl (C=O) groups is 1. The van der Waals surface area contributed by atoms with Crippen LogP contribution in [0.15, 0.2) is 24.3 Å². The molecule has 1 heterocycles. The summed E-state index contributed by atoms with van der Waals surface area (Å²) in [6, 6.07) is 5.22. The number of fused-ring (bicyclic) bond motifs is 1. The number of halogens is 3. The quantitative estimate of drug-likeness (QED) is 0.846. The van der Waals surface area contributed by atoms with E-state index in [1.165, 1.54) is 24.3 Å². The molecule has 0 aromatic heterocycles. The van der Waals surface area contributed by atoms with E-state index in [1.54, 1.807) is 0 Å². The molecule has 1 aromatic carbocycles. The number of carboxylic acids is 1. The van der Waals surface area contributed by atoms with E-state index in [0.717, 1.165) is 25.8 Å². The molecular weight excluding hydrogens is 339 g/mol. The van der Waals surface area contributed by atoms with E-state index >= 15 is 0 Å². The molecule has 2 aliphatic rings. The van der Waals surface area contributed by atoms with Crippen LogP contribution < -0.4 is 9.47 Å². The number of hydrogen-bond acceptors (Lipinski definition) is 4. The highest BCUT2D eigenvalue weighted by Gasteiger charge is 2.54. The zero-order valence-corrected chi connectivity index (χ0v) is 13.6. The number of ether oxygens (including phenoxy) is 2. The van der Waals surface area contributed by atoms with Crippen LogP contribution in [-0.4, -0.2) is 48.6 Å². The molecule has 1 aliphatic heterocycles. The molecule has 0 unspecified atom stereocenters. The molecule has 3 rings (SSSR count). The lowest BCUT2D eigenvalue weighted by Crippen LogP contribution is -2.36. The molecule has 138 valence electrons. The maximum Gasteiger partial charge on any atom is 0.573 e. The lowest BCUT2D eigenvalue weighted by atomic mass is 9.81. The van der Waals surface area contributed by atoms with Crippen LogP contribution in [0.4, 0.5) is 13.2 Å². The van der Waals surface area contributed by atoms with E-state index in [4.69, 9.17) is 4.74 Å². The van der Waals surface area contributed by atoms with E-state index in [-0.39, 0.29) is 11.7 Å². The Morgan fingerprint density at radius 3 is 2.56 bits per heavy atom. The normalized spacial score (nSPS) is 26.4. The highest BCUT2D eigenvalue weighted by molar-refractivity contribution is 5.76. The van der Waals surface area contributed by atoms with E-state index in [2.05, 4.69) is 9.64 Å². The summed E-state index contributed by atoms with van der Waals surface area (Å²) in [6.45, 7) is 2.23. The number of aliphatic carboxylic acids is 1. The van der Waals surface area contributed by atoms with Gasteiger partial charge < -0.3 is 14.6 Å². The molecule has 0 spiro atoms. The second-order valence-electron chi connectivity index (χ2n) is 6.65. The summed E-state index contributed by atoms with van der Waals surface area (Å²) in [4.78, 5) is 13.7. The lowest BCUT2D eigenvalue weighted by Gasteiger charge is -2.23. The van der Waals surface area contributed by atoms with Crippen LogP contribution in [0, 0.1) is 11.3 Å². The van der Waals surface area contributed by atoms with Crippen LogP contribution in [0.3, 0.4) is 0 Å². The van der Waals surface area contributed by atoms with Crippen molar-refractivity contribution >= 4 is 5.97 Å². The predicted molar refractivity (Wildman–Crippen MR) is 82.5 cm³/mol. The first-order valence-electron chi connectivity index (χ1n) is 8.23. The van der Waals surface area contributed by atoms with Crippen molar-refractivity contribution in [2.45, 2.75) is 25.6 Å². The van der Waals surface area contributed by atoms with Crippen molar-refractivity contribution in [2.75, 3.05) is 26.2 Å². The van der Waals surface area contributed by atoms with Crippen molar-refractivity contribution in [3.05, 3.63) is 24.3 Å². The Labute approximate surface area is 143 Å². The summed E-state index contributed by atoms with van der Waals surface area (Å²) in [5, 5.41) is 9.55. The second-order valence-corrected chi connectivity index (χ2v) is 6.65. The minimum absolute atomic E-state index is 0.198. The third-order valence-corrected chi connectivity index (χ3v) is 5.10. The zero-order valence-electron chi connectivity index (χ0n) is 13.6. The van der Waals surface area contributed by atoms with Gasteiger partial charge in [0.1, 0.15) is 18.1 Å². The van der Waals surface area contributed by atoms with Gasteiger partial charge in [0.05, 0.1) is 5.41 Å². The van der Waals surface area contributed by atoms with Crippen LogP contribution >= 0.6 is 0 Å². The average Bonchev–Trinajstić information content (AvgIpc) is 3.05. The van der Waals surface area contributed by atoms with Gasteiger partial charge in [0, 0.05) is 19.6 Å². The van der Waals surface area contributed by atoms with Gasteiger partial charge in [0.25, 0.3) is 0 Å². The van der Waals surface area contributed by atoms with Crippen LogP contribution in [0.25, 0.3) is 0 Å². The summed E-state index contributed by atoms with van der Waals surface area (Å²) in [6.07, 6.45) is -2.07. The van der Waals surface area contributed by atoms with E-state index in [0.29, 0.717) is 25.4 Å². The molecule has 1 aromatic rings. The third-order valence-electron chi connectivity index (χ3n) is 5.10. The monoisotopic (exact) mass is 359 g/mol. The van der Waals surface area contributed by atoms with Gasteiger partial charge in [-0.3, -0.25) is 9.69 Å². The standard InChI is InChI=1S/C17H20F3NO4/c18-17(19,20)25-14-5-3-13(4-6-14)24-9-8-21-10-12-2-1-7-16(12,11-21)15(22)23/h3-6,12H,1-2,7-11H2,(H,22,23)/t12-,16+/m0/s1. The molecule has 1 saturated heterocycles. The SMILES string of the molecule is O=C(O)[C@@]12CCC[C@H]1CN(CCOc1ccc(OC(F)(F)F)cc1)C2. The Morgan fingerprint density at radius 1 is 1.28 bits per heavy atom. The van der Waals surface area contributed by atoms with E-state index in [1.807, 2.05) is 0 Å². The predicted octanol–water partition coefficient (Wildman–Crippen LogP) is 3.15. The van der Waals surface area contributed by atoms with Gasteiger partial charge in [-0.05, 0) is 43.0 Å². The summed E-state index contributed by atoms with van der Waals surface area (Å²) in [5.41, 5.74) is -0.615. The zero-order chi connectivity index (χ0) is 18.1. The molecular formula is C17H20F3NO4. The van der Waals surface area contributed by atoms with E-state index < -0.39 is 17.7 Å². The van der Waals surface area contributed by atoms with Gasteiger partial charge in [-0.25, -0.2) is 0 Å². The van der Waals surface area contributed by atoms with Gasteiger partial charge in [-0.2, -0.15) is 0 Å². The van der Waals surface area contributed by atoms with E-state index in [9.17, 15) is 23.1 Å². The van der Waals surface area contributed by atoms with Gasteiger partial charge >= 0.3 is 12.3 Å². The van der Waals surface area contributed by atoms with Crippen molar-refractivity contribution in [2.24, 2.45) is 11.3 Å². The minimum atomic E-state index is -4.71. The van der Waals surface area contributed by atoms with Crippen LogP contribution in [-0.2, 0) is 4.79 Å².